The van der Waals surface area contributed by atoms with Crippen LogP contribution in [0.1, 0.15) is 28.5 Å². The average Bonchev–Trinajstić information content (AvgIpc) is 2.45. The summed E-state index contributed by atoms with van der Waals surface area (Å²) >= 11 is 11.9. The van der Waals surface area contributed by atoms with Crippen LogP contribution in [0.4, 0.5) is 0 Å². The topological polar surface area (TPSA) is 40.9 Å². The Morgan fingerprint density at radius 1 is 1.19 bits per heavy atom. The number of rotatable bonds is 3. The Balaban J connectivity index is 1.90. The molecule has 2 aromatic carbocycles. The van der Waals surface area contributed by atoms with Crippen LogP contribution >= 0.6 is 23.2 Å². The Morgan fingerprint density at radius 2 is 1.95 bits per heavy atom. The predicted molar refractivity (Wildman–Crippen MR) is 82.7 cm³/mol. The monoisotopic (exact) mass is 315 g/mol. The van der Waals surface area contributed by atoms with Gasteiger partial charge in [-0.2, -0.15) is 5.26 Å². The lowest BCUT2D eigenvalue weighted by Gasteiger charge is -2.30. The zero-order valence-electron chi connectivity index (χ0n) is 11.0. The molecule has 2 unspecified atom stereocenters. The van der Waals surface area contributed by atoms with Crippen molar-refractivity contribution in [1.29, 1.82) is 5.26 Å². The van der Waals surface area contributed by atoms with Gasteiger partial charge in [-0.15, -0.1) is 0 Å². The van der Waals surface area contributed by atoms with Crippen molar-refractivity contribution in [1.82, 2.24) is 0 Å². The standard InChI is InChI=1S/C17H11Cl2NO/c18-15-6-5-11(8-16(15)19)14(9-20)17(21)13-7-10-3-1-2-4-12(10)13/h1-6,8,13-14H,7H2. The predicted octanol–water partition coefficient (Wildman–Crippen LogP) is 4.51. The Kier molecular flexibility index (Phi) is 3.71. The van der Waals surface area contributed by atoms with Crippen molar-refractivity contribution in [2.45, 2.75) is 18.3 Å². The minimum absolute atomic E-state index is 0.0745. The Hall–Kier alpha value is -1.82. The van der Waals surface area contributed by atoms with Gasteiger partial charge in [0.1, 0.15) is 5.92 Å². The second kappa shape index (κ2) is 5.52. The van der Waals surface area contributed by atoms with Crippen LogP contribution in [0.3, 0.4) is 0 Å². The molecule has 0 saturated heterocycles. The molecule has 1 aliphatic rings. The van der Waals surface area contributed by atoms with E-state index in [4.69, 9.17) is 23.2 Å². The van der Waals surface area contributed by atoms with Crippen LogP contribution in [0.2, 0.25) is 10.0 Å². The van der Waals surface area contributed by atoms with Gasteiger partial charge < -0.3 is 0 Å². The van der Waals surface area contributed by atoms with Crippen molar-refractivity contribution >= 4 is 29.0 Å². The molecule has 0 amide bonds. The summed E-state index contributed by atoms with van der Waals surface area (Å²) in [6.07, 6.45) is 0.703. The minimum atomic E-state index is -0.807. The molecule has 2 aromatic rings. The van der Waals surface area contributed by atoms with Crippen molar-refractivity contribution in [3.05, 3.63) is 69.2 Å². The molecule has 0 aliphatic heterocycles. The first-order valence-corrected chi connectivity index (χ1v) is 7.33. The van der Waals surface area contributed by atoms with Gasteiger partial charge in [-0.3, -0.25) is 4.79 Å². The second-order valence-electron chi connectivity index (χ2n) is 5.09. The molecule has 0 fully saturated rings. The number of carbonyl (C=O) groups is 1. The van der Waals surface area contributed by atoms with Gasteiger partial charge in [0.05, 0.1) is 16.1 Å². The maximum Gasteiger partial charge on any atom is 0.162 e. The quantitative estimate of drug-likeness (QED) is 0.836. The average molecular weight is 316 g/mol. The van der Waals surface area contributed by atoms with Gasteiger partial charge in [0.15, 0.2) is 5.78 Å². The summed E-state index contributed by atoms with van der Waals surface area (Å²) < 4.78 is 0. The fraction of sp³-hybridized carbons (Fsp3) is 0.176. The lowest BCUT2D eigenvalue weighted by molar-refractivity contribution is -0.121. The van der Waals surface area contributed by atoms with Gasteiger partial charge in [-0.25, -0.2) is 0 Å². The molecule has 0 spiro atoms. The third kappa shape index (κ3) is 2.44. The summed E-state index contributed by atoms with van der Waals surface area (Å²) in [6, 6.07) is 14.8. The van der Waals surface area contributed by atoms with Crippen LogP contribution in [-0.4, -0.2) is 5.78 Å². The van der Waals surface area contributed by atoms with Gasteiger partial charge in [0.25, 0.3) is 0 Å². The summed E-state index contributed by atoms with van der Waals surface area (Å²) in [5, 5.41) is 10.2. The number of hydrogen-bond acceptors (Lipinski definition) is 2. The smallest absolute Gasteiger partial charge is 0.162 e. The molecule has 3 rings (SSSR count). The zero-order valence-corrected chi connectivity index (χ0v) is 12.5. The highest BCUT2D eigenvalue weighted by Crippen LogP contribution is 2.39. The van der Waals surface area contributed by atoms with E-state index in [0.717, 1.165) is 5.56 Å². The lowest BCUT2D eigenvalue weighted by atomic mass is 9.71. The molecule has 0 saturated carbocycles. The SMILES string of the molecule is N#CC(C(=O)C1Cc2ccccc21)c1ccc(Cl)c(Cl)c1. The number of nitrogens with zero attached hydrogens (tertiary/aromatic N) is 1. The minimum Gasteiger partial charge on any atom is -0.297 e. The molecular formula is C17H11Cl2NO. The number of fused-ring (bicyclic) bond motifs is 1. The maximum atomic E-state index is 12.6. The summed E-state index contributed by atoms with van der Waals surface area (Å²) in [7, 11) is 0. The van der Waals surface area contributed by atoms with E-state index in [2.05, 4.69) is 6.07 Å². The van der Waals surface area contributed by atoms with Gasteiger partial charge in [0, 0.05) is 5.92 Å². The fourth-order valence-electron chi connectivity index (χ4n) is 2.71. The van der Waals surface area contributed by atoms with Crippen LogP contribution in [0.15, 0.2) is 42.5 Å². The highest BCUT2D eigenvalue weighted by molar-refractivity contribution is 6.42. The van der Waals surface area contributed by atoms with Crippen LogP contribution in [0.5, 0.6) is 0 Å². The summed E-state index contributed by atoms with van der Waals surface area (Å²) in [6.45, 7) is 0. The first kappa shape index (κ1) is 14.1. The molecule has 1 aliphatic carbocycles. The van der Waals surface area contributed by atoms with Gasteiger partial charge >= 0.3 is 0 Å². The van der Waals surface area contributed by atoms with Crippen LogP contribution in [-0.2, 0) is 11.2 Å². The first-order chi connectivity index (χ1) is 10.1. The largest absolute Gasteiger partial charge is 0.297 e. The first-order valence-electron chi connectivity index (χ1n) is 6.58. The highest BCUT2D eigenvalue weighted by Gasteiger charge is 2.36. The number of halogens is 2. The second-order valence-corrected chi connectivity index (χ2v) is 5.91. The van der Waals surface area contributed by atoms with E-state index in [1.165, 1.54) is 5.56 Å². The van der Waals surface area contributed by atoms with Crippen molar-refractivity contribution in [2.75, 3.05) is 0 Å². The molecule has 2 nitrogen and oxygen atoms in total. The van der Waals surface area contributed by atoms with E-state index in [1.54, 1.807) is 18.2 Å². The van der Waals surface area contributed by atoms with E-state index in [-0.39, 0.29) is 11.7 Å². The third-order valence-corrected chi connectivity index (χ3v) is 4.63. The number of nitriles is 1. The van der Waals surface area contributed by atoms with E-state index in [1.807, 2.05) is 24.3 Å². The van der Waals surface area contributed by atoms with Crippen molar-refractivity contribution < 1.29 is 4.79 Å². The van der Waals surface area contributed by atoms with Gasteiger partial charge in [0.2, 0.25) is 0 Å². The molecule has 0 bridgehead atoms. The van der Waals surface area contributed by atoms with E-state index < -0.39 is 5.92 Å². The van der Waals surface area contributed by atoms with Crippen molar-refractivity contribution in [2.24, 2.45) is 0 Å². The normalized spacial score (nSPS) is 17.3. The van der Waals surface area contributed by atoms with Crippen molar-refractivity contribution in [3.63, 3.8) is 0 Å². The molecule has 0 heterocycles. The highest BCUT2D eigenvalue weighted by atomic mass is 35.5. The number of ketones is 1. The summed E-state index contributed by atoms with van der Waals surface area (Å²) in [5.41, 5.74) is 2.81. The van der Waals surface area contributed by atoms with E-state index >= 15 is 0 Å². The maximum absolute atomic E-state index is 12.6. The lowest BCUT2D eigenvalue weighted by Crippen LogP contribution is -2.29. The summed E-state index contributed by atoms with van der Waals surface area (Å²) in [5.74, 6) is -1.08. The number of Topliss-reactive ketones (excluding diaryl/α,β-unsaturated/α-hetero) is 1. The molecule has 4 heteroatoms. The molecule has 0 radical (unpaired) electrons. The molecular weight excluding hydrogens is 305 g/mol. The Morgan fingerprint density at radius 3 is 2.62 bits per heavy atom. The van der Waals surface area contributed by atoms with E-state index in [9.17, 15) is 10.1 Å². The molecule has 0 N–H and O–H groups in total. The molecule has 104 valence electrons. The third-order valence-electron chi connectivity index (χ3n) is 3.89. The molecule has 21 heavy (non-hydrogen) atoms. The van der Waals surface area contributed by atoms with Crippen LogP contribution < -0.4 is 0 Å². The number of hydrogen-bond donors (Lipinski definition) is 0. The molecule has 0 aromatic heterocycles. The van der Waals surface area contributed by atoms with E-state index in [0.29, 0.717) is 22.0 Å². The van der Waals surface area contributed by atoms with Gasteiger partial charge in [-0.05, 0) is 35.2 Å². The Bertz CT molecular complexity index is 764. The fourth-order valence-corrected chi connectivity index (χ4v) is 3.01. The Labute approximate surface area is 132 Å². The van der Waals surface area contributed by atoms with Gasteiger partial charge in [-0.1, -0.05) is 53.5 Å². The van der Waals surface area contributed by atoms with Crippen LogP contribution in [0.25, 0.3) is 0 Å². The number of carbonyl (C=O) groups excluding carboxylic acids is 1. The summed E-state index contributed by atoms with van der Waals surface area (Å²) in [4.78, 5) is 12.6. The van der Waals surface area contributed by atoms with Crippen molar-refractivity contribution in [3.8, 4) is 6.07 Å². The van der Waals surface area contributed by atoms with Crippen LogP contribution in [0, 0.1) is 11.3 Å². The molecule has 2 atom stereocenters. The number of benzene rings is 2. The zero-order chi connectivity index (χ0) is 15.0.